The molecule has 0 radical (unpaired) electrons. The Morgan fingerprint density at radius 1 is 0.254 bits per heavy atom. The van der Waals surface area contributed by atoms with Gasteiger partial charge in [0.2, 0.25) is 0 Å². The first-order valence-electron chi connectivity index (χ1n) is 21.8. The fraction of sp³-hybridized carbons (Fsp3) is 0. The highest BCUT2D eigenvalue weighted by atomic mass is 28.3. The first-order valence-corrected chi connectivity index (χ1v) is 23.8. The number of para-hydroxylation sites is 3. The van der Waals surface area contributed by atoms with Crippen molar-refractivity contribution >= 4 is 72.4 Å². The first kappa shape index (κ1) is 36.8. The molecule has 2 aromatic heterocycles. The van der Waals surface area contributed by atoms with Gasteiger partial charge in [0.05, 0.1) is 27.8 Å². The second-order valence-corrected chi connectivity index (χ2v) is 20.3. The Hall–Kier alpha value is -7.98. The van der Waals surface area contributed by atoms with E-state index in [-0.39, 0.29) is 0 Å². The number of aromatic nitrogens is 2. The summed E-state index contributed by atoms with van der Waals surface area (Å²) in [6.45, 7) is 0. The van der Waals surface area contributed by atoms with E-state index in [4.69, 9.17) is 0 Å². The van der Waals surface area contributed by atoms with Gasteiger partial charge in [-0.1, -0.05) is 200 Å². The molecule has 2 nitrogen and oxygen atoms in total. The number of hydrogen-bond donors (Lipinski definition) is 0. The topological polar surface area (TPSA) is 9.86 Å². The summed E-state index contributed by atoms with van der Waals surface area (Å²) >= 11 is 0. The van der Waals surface area contributed by atoms with Crippen molar-refractivity contribution in [2.75, 3.05) is 0 Å². The molecule has 12 rings (SSSR count). The molecule has 0 aliphatic carbocycles. The average molecular weight is 819 g/mol. The second-order valence-electron chi connectivity index (χ2n) is 16.5. The summed E-state index contributed by atoms with van der Waals surface area (Å²) in [4.78, 5) is 0. The third-order valence-electron chi connectivity index (χ3n) is 13.1. The van der Waals surface area contributed by atoms with Gasteiger partial charge in [0.25, 0.3) is 0 Å². The van der Waals surface area contributed by atoms with Gasteiger partial charge in [0.15, 0.2) is 8.07 Å². The Morgan fingerprint density at radius 3 is 1.25 bits per heavy atom. The van der Waals surface area contributed by atoms with Crippen LogP contribution in [0.2, 0.25) is 0 Å². The maximum absolute atomic E-state index is 2.73. The van der Waals surface area contributed by atoms with Gasteiger partial charge in [0.1, 0.15) is 0 Å². The molecule has 0 saturated heterocycles. The SMILES string of the molecule is c1ccc(-c2ccccc2-n2c3ccccc3c3cc(-c4ccc5c(c4)c4ccccc4n5-c4cccc([Si](c5ccccc5)(c5ccccc5)c5ccccc5)c4)ccc32)cc1. The van der Waals surface area contributed by atoms with Crippen LogP contribution < -0.4 is 20.7 Å². The summed E-state index contributed by atoms with van der Waals surface area (Å²) in [5.41, 5.74) is 12.0. The molecule has 63 heavy (non-hydrogen) atoms. The smallest absolute Gasteiger partial charge is 0.179 e. The monoisotopic (exact) mass is 818 g/mol. The maximum atomic E-state index is 2.47. The van der Waals surface area contributed by atoms with E-state index in [9.17, 15) is 0 Å². The molecule has 0 bridgehead atoms. The van der Waals surface area contributed by atoms with Crippen LogP contribution in [0.15, 0.2) is 255 Å². The fourth-order valence-electron chi connectivity index (χ4n) is 10.3. The summed E-state index contributed by atoms with van der Waals surface area (Å²) in [5.74, 6) is 0. The van der Waals surface area contributed by atoms with Crippen LogP contribution in [0.1, 0.15) is 0 Å². The van der Waals surface area contributed by atoms with Gasteiger partial charge < -0.3 is 9.13 Å². The molecule has 12 aromatic rings. The van der Waals surface area contributed by atoms with Crippen molar-refractivity contribution in [2.24, 2.45) is 0 Å². The van der Waals surface area contributed by atoms with Crippen LogP contribution >= 0.6 is 0 Å². The normalized spacial score (nSPS) is 11.8. The van der Waals surface area contributed by atoms with Gasteiger partial charge in [-0.2, -0.15) is 0 Å². The molecule has 0 N–H and O–H groups in total. The molecule has 0 aliphatic heterocycles. The van der Waals surface area contributed by atoms with Crippen LogP contribution in [-0.2, 0) is 0 Å². The van der Waals surface area contributed by atoms with Crippen LogP contribution in [-0.4, -0.2) is 17.2 Å². The van der Waals surface area contributed by atoms with Gasteiger partial charge in [-0.05, 0) is 92.0 Å². The largest absolute Gasteiger partial charge is 0.309 e. The van der Waals surface area contributed by atoms with E-state index in [1.54, 1.807) is 0 Å². The van der Waals surface area contributed by atoms with E-state index in [2.05, 4.69) is 264 Å². The average Bonchev–Trinajstić information content (AvgIpc) is 3.88. The fourth-order valence-corrected chi connectivity index (χ4v) is 15.1. The molecule has 10 aromatic carbocycles. The number of rotatable bonds is 8. The Bertz CT molecular complexity index is 3510. The minimum atomic E-state index is -2.73. The Morgan fingerprint density at radius 2 is 0.683 bits per heavy atom. The first-order chi connectivity index (χ1) is 31.3. The third kappa shape index (κ3) is 5.93. The summed E-state index contributed by atoms with van der Waals surface area (Å²) < 4.78 is 4.91. The van der Waals surface area contributed by atoms with Crippen molar-refractivity contribution in [2.45, 2.75) is 0 Å². The van der Waals surface area contributed by atoms with E-state index in [0.717, 1.165) is 5.69 Å². The van der Waals surface area contributed by atoms with Crippen LogP contribution in [0.4, 0.5) is 0 Å². The van der Waals surface area contributed by atoms with Crippen molar-refractivity contribution in [1.82, 2.24) is 9.13 Å². The Labute approximate surface area is 368 Å². The molecular formula is C60H42N2Si. The number of nitrogens with zero attached hydrogens (tertiary/aromatic N) is 2. The van der Waals surface area contributed by atoms with Crippen molar-refractivity contribution in [3.8, 4) is 33.6 Å². The molecule has 0 aliphatic rings. The lowest BCUT2D eigenvalue weighted by atomic mass is 10.0. The summed E-state index contributed by atoms with van der Waals surface area (Å²) in [6, 6.07) is 94.1. The number of benzene rings is 10. The summed E-state index contributed by atoms with van der Waals surface area (Å²) in [5, 5.41) is 10.4. The van der Waals surface area contributed by atoms with Gasteiger partial charge in [0, 0.05) is 32.8 Å². The van der Waals surface area contributed by atoms with E-state index < -0.39 is 8.07 Å². The second kappa shape index (κ2) is 15.2. The van der Waals surface area contributed by atoms with Crippen molar-refractivity contribution in [3.05, 3.63) is 255 Å². The van der Waals surface area contributed by atoms with E-state index >= 15 is 0 Å². The van der Waals surface area contributed by atoms with Crippen molar-refractivity contribution in [3.63, 3.8) is 0 Å². The lowest BCUT2D eigenvalue weighted by Gasteiger charge is -2.34. The highest BCUT2D eigenvalue weighted by Crippen LogP contribution is 2.40. The highest BCUT2D eigenvalue weighted by molar-refractivity contribution is 7.19. The van der Waals surface area contributed by atoms with Crippen molar-refractivity contribution in [1.29, 1.82) is 0 Å². The van der Waals surface area contributed by atoms with Crippen LogP contribution in [0.3, 0.4) is 0 Å². The summed E-state index contributed by atoms with van der Waals surface area (Å²) in [7, 11) is -2.73. The van der Waals surface area contributed by atoms with E-state index in [1.807, 2.05) is 0 Å². The molecule has 0 amide bonds. The molecule has 0 unspecified atom stereocenters. The van der Waals surface area contributed by atoms with E-state index in [1.165, 1.54) is 92.3 Å². The van der Waals surface area contributed by atoms with Crippen LogP contribution in [0.25, 0.3) is 77.2 Å². The molecule has 0 spiro atoms. The van der Waals surface area contributed by atoms with Crippen LogP contribution in [0.5, 0.6) is 0 Å². The molecule has 2 heterocycles. The minimum absolute atomic E-state index is 1.16. The van der Waals surface area contributed by atoms with Gasteiger partial charge in [-0.15, -0.1) is 0 Å². The van der Waals surface area contributed by atoms with Gasteiger partial charge in [-0.3, -0.25) is 0 Å². The Kier molecular flexibility index (Phi) is 8.87. The summed E-state index contributed by atoms with van der Waals surface area (Å²) in [6.07, 6.45) is 0. The lowest BCUT2D eigenvalue weighted by Crippen LogP contribution is -2.74. The zero-order valence-corrected chi connectivity index (χ0v) is 35.6. The number of hydrogen-bond acceptors (Lipinski definition) is 0. The van der Waals surface area contributed by atoms with Gasteiger partial charge >= 0.3 is 0 Å². The maximum Gasteiger partial charge on any atom is 0.179 e. The third-order valence-corrected chi connectivity index (χ3v) is 17.8. The Balaban J connectivity index is 1.03. The molecule has 0 fully saturated rings. The standard InChI is InChI=1S/C60H42N2Si/c1-5-20-43(21-6-1)51-30-13-16-33-56(51)62-58-35-18-15-32-53(58)55-41-45(37-39-60(55)62)44-36-38-59-54(40-44)52-31-14-17-34-57(52)61(59)46-22-19-29-50(42-46)63(47-23-7-2-8-24-47,48-25-9-3-10-26-48)49-27-11-4-12-28-49/h1-42H. The molecule has 3 heteroatoms. The minimum Gasteiger partial charge on any atom is -0.309 e. The quantitative estimate of drug-likeness (QED) is 0.107. The molecule has 296 valence electrons. The predicted octanol–water partition coefficient (Wildman–Crippen LogP) is 12.6. The lowest BCUT2D eigenvalue weighted by molar-refractivity contribution is 1.18. The van der Waals surface area contributed by atoms with E-state index in [0.29, 0.717) is 0 Å². The predicted molar refractivity (Wildman–Crippen MR) is 270 cm³/mol. The molecule has 0 saturated carbocycles. The zero-order valence-electron chi connectivity index (χ0n) is 34.6. The zero-order chi connectivity index (χ0) is 41.7. The molecule has 0 atom stereocenters. The van der Waals surface area contributed by atoms with Crippen LogP contribution in [0, 0.1) is 0 Å². The van der Waals surface area contributed by atoms with Crippen molar-refractivity contribution < 1.29 is 0 Å². The number of fused-ring (bicyclic) bond motifs is 6. The molecular weight excluding hydrogens is 777 g/mol. The highest BCUT2D eigenvalue weighted by Gasteiger charge is 2.41. The van der Waals surface area contributed by atoms with Gasteiger partial charge in [-0.25, -0.2) is 0 Å².